The van der Waals surface area contributed by atoms with Crippen LogP contribution in [0.5, 0.6) is 0 Å². The summed E-state index contributed by atoms with van der Waals surface area (Å²) in [4.78, 5) is 0. The second-order valence-corrected chi connectivity index (χ2v) is 10.3. The molecule has 0 aromatic heterocycles. The van der Waals surface area contributed by atoms with Crippen molar-refractivity contribution in [1.29, 1.82) is 0 Å². The topological polar surface area (TPSA) is 0 Å². The van der Waals surface area contributed by atoms with Crippen molar-refractivity contribution in [3.8, 4) is 11.1 Å². The van der Waals surface area contributed by atoms with E-state index >= 15 is 8.78 Å². The predicted molar refractivity (Wildman–Crippen MR) is 148 cm³/mol. The number of hydrogen-bond donors (Lipinski definition) is 0. The molecule has 1 aliphatic carbocycles. The zero-order valence-corrected chi connectivity index (χ0v) is 21.9. The Morgan fingerprint density at radius 1 is 0.629 bits per heavy atom. The molecular weight excluding hydrogens is 434 g/mol. The molecule has 2 heteroatoms. The first kappa shape index (κ1) is 27.4. The molecular formula is C33H44F2. The van der Waals surface area contributed by atoms with Crippen molar-refractivity contribution in [3.63, 3.8) is 0 Å². The monoisotopic (exact) mass is 478 g/mol. The van der Waals surface area contributed by atoms with Crippen LogP contribution in [-0.4, -0.2) is 6.17 Å². The van der Waals surface area contributed by atoms with Gasteiger partial charge in [0.15, 0.2) is 6.17 Å². The van der Waals surface area contributed by atoms with Gasteiger partial charge in [0.2, 0.25) is 0 Å². The van der Waals surface area contributed by atoms with E-state index in [1.54, 1.807) is 0 Å². The van der Waals surface area contributed by atoms with Gasteiger partial charge >= 0.3 is 0 Å². The lowest BCUT2D eigenvalue weighted by molar-refractivity contribution is 0.134. The van der Waals surface area contributed by atoms with Gasteiger partial charge in [-0.15, -0.1) is 0 Å². The number of alkyl halides is 1. The average molecular weight is 479 g/mol. The van der Waals surface area contributed by atoms with E-state index in [1.165, 1.54) is 51.4 Å². The van der Waals surface area contributed by atoms with Crippen LogP contribution >= 0.6 is 0 Å². The maximum atomic E-state index is 15.7. The lowest BCUT2D eigenvalue weighted by Gasteiger charge is -2.36. The minimum Gasteiger partial charge on any atom is -0.239 e. The van der Waals surface area contributed by atoms with Gasteiger partial charge in [0.1, 0.15) is 5.83 Å². The molecule has 0 spiro atoms. The molecule has 2 aromatic carbocycles. The highest BCUT2D eigenvalue weighted by atomic mass is 19.2. The molecule has 1 aliphatic rings. The number of unbranched alkanes of at least 4 members (excludes halogenated alkanes) is 9. The van der Waals surface area contributed by atoms with Crippen LogP contribution in [0.1, 0.15) is 103 Å². The fourth-order valence-electron chi connectivity index (χ4n) is 5.46. The first-order chi connectivity index (χ1) is 17.1. The quantitative estimate of drug-likeness (QED) is 0.223. The highest BCUT2D eigenvalue weighted by molar-refractivity contribution is 5.79. The fraction of sp³-hybridized carbons (Fsp3) is 0.515. The number of hydrogen-bond acceptors (Lipinski definition) is 0. The lowest BCUT2D eigenvalue weighted by atomic mass is 9.70. The molecule has 2 unspecified atom stereocenters. The lowest BCUT2D eigenvalue weighted by Crippen LogP contribution is -2.33. The van der Waals surface area contributed by atoms with Crippen molar-refractivity contribution in [2.75, 3.05) is 0 Å². The third-order valence-corrected chi connectivity index (χ3v) is 7.58. The van der Waals surface area contributed by atoms with Gasteiger partial charge in [-0.1, -0.05) is 151 Å². The molecule has 2 aromatic rings. The molecule has 0 fully saturated rings. The van der Waals surface area contributed by atoms with Crippen LogP contribution in [0.2, 0.25) is 0 Å². The standard InChI is InChI=1S/C33H44F2/c1-3-5-6-7-8-9-10-11-12-16-25-33(24-4-2)26-23-30(31(34)32(33)35)29-21-19-28(20-22-29)27-17-14-13-15-18-27/h13-15,17-23,26,32H,3-12,16,24-25H2,1-2H3. The Balaban J connectivity index is 1.56. The average Bonchev–Trinajstić information content (AvgIpc) is 2.89. The van der Waals surface area contributed by atoms with E-state index in [0.717, 1.165) is 42.4 Å². The SMILES string of the molecule is CCCCCCCCCCCCC1(CCC)C=CC(c2ccc(-c3ccccc3)cc2)=C(F)C1F. The zero-order chi connectivity index (χ0) is 24.9. The van der Waals surface area contributed by atoms with Gasteiger partial charge in [-0.25, -0.2) is 8.78 Å². The molecule has 0 N–H and O–H groups in total. The summed E-state index contributed by atoms with van der Waals surface area (Å²) >= 11 is 0. The van der Waals surface area contributed by atoms with Gasteiger partial charge in [-0.05, 0) is 29.5 Å². The molecule has 0 radical (unpaired) electrons. The summed E-state index contributed by atoms with van der Waals surface area (Å²) in [5.74, 6) is -0.597. The van der Waals surface area contributed by atoms with Gasteiger partial charge in [-0.2, -0.15) is 0 Å². The first-order valence-electron chi connectivity index (χ1n) is 14.0. The Hall–Kier alpha value is -2.22. The summed E-state index contributed by atoms with van der Waals surface area (Å²) in [5, 5.41) is 0. The van der Waals surface area contributed by atoms with Crippen LogP contribution in [0.15, 0.2) is 72.6 Å². The van der Waals surface area contributed by atoms with Crippen molar-refractivity contribution in [2.45, 2.75) is 103 Å². The molecule has 35 heavy (non-hydrogen) atoms. The highest BCUT2D eigenvalue weighted by Crippen LogP contribution is 2.47. The van der Waals surface area contributed by atoms with Crippen LogP contribution < -0.4 is 0 Å². The molecule has 0 bridgehead atoms. The van der Waals surface area contributed by atoms with E-state index in [0.29, 0.717) is 12.0 Å². The molecule has 190 valence electrons. The number of benzene rings is 2. The summed E-state index contributed by atoms with van der Waals surface area (Å²) in [6.07, 6.45) is 17.1. The summed E-state index contributed by atoms with van der Waals surface area (Å²) in [5.41, 5.74) is 2.63. The Morgan fingerprint density at radius 3 is 1.77 bits per heavy atom. The summed E-state index contributed by atoms with van der Waals surface area (Å²) in [6.45, 7) is 4.32. The molecule has 0 amide bonds. The Bertz CT molecular complexity index is 925. The van der Waals surface area contributed by atoms with Crippen molar-refractivity contribution >= 4 is 5.57 Å². The predicted octanol–water partition coefficient (Wildman–Crippen LogP) is 11.0. The number of rotatable bonds is 15. The maximum Gasteiger partial charge on any atom is 0.161 e. The maximum absolute atomic E-state index is 15.7. The minimum atomic E-state index is -1.56. The fourth-order valence-corrected chi connectivity index (χ4v) is 5.46. The van der Waals surface area contributed by atoms with Crippen molar-refractivity contribution in [2.24, 2.45) is 5.41 Å². The van der Waals surface area contributed by atoms with E-state index in [1.807, 2.05) is 54.6 Å². The highest BCUT2D eigenvalue weighted by Gasteiger charge is 2.42. The Kier molecular flexibility index (Phi) is 11.2. The molecule has 0 saturated heterocycles. The Labute approximate surface area is 212 Å². The third kappa shape index (κ3) is 7.63. The zero-order valence-electron chi connectivity index (χ0n) is 21.9. The largest absolute Gasteiger partial charge is 0.239 e. The second-order valence-electron chi connectivity index (χ2n) is 10.3. The smallest absolute Gasteiger partial charge is 0.161 e. The van der Waals surface area contributed by atoms with E-state index in [4.69, 9.17) is 0 Å². The summed E-state index contributed by atoms with van der Waals surface area (Å²) < 4.78 is 31.1. The first-order valence-corrected chi connectivity index (χ1v) is 14.0. The van der Waals surface area contributed by atoms with Crippen LogP contribution in [0.3, 0.4) is 0 Å². The molecule has 0 aliphatic heterocycles. The minimum absolute atomic E-state index is 0.395. The van der Waals surface area contributed by atoms with Crippen LogP contribution in [-0.2, 0) is 0 Å². The van der Waals surface area contributed by atoms with Crippen molar-refractivity contribution in [1.82, 2.24) is 0 Å². The second kappa shape index (κ2) is 14.4. The van der Waals surface area contributed by atoms with Gasteiger partial charge in [-0.3, -0.25) is 0 Å². The van der Waals surface area contributed by atoms with Gasteiger partial charge in [0, 0.05) is 11.0 Å². The van der Waals surface area contributed by atoms with Crippen molar-refractivity contribution in [3.05, 3.63) is 78.1 Å². The summed E-state index contributed by atoms with van der Waals surface area (Å²) in [7, 11) is 0. The van der Waals surface area contributed by atoms with Crippen LogP contribution in [0.4, 0.5) is 8.78 Å². The molecule has 0 saturated carbocycles. The van der Waals surface area contributed by atoms with Crippen LogP contribution in [0.25, 0.3) is 16.7 Å². The van der Waals surface area contributed by atoms with Crippen LogP contribution in [0, 0.1) is 5.41 Å². The Morgan fingerprint density at radius 2 is 1.17 bits per heavy atom. The van der Waals surface area contributed by atoms with Crippen molar-refractivity contribution < 1.29 is 8.78 Å². The van der Waals surface area contributed by atoms with Gasteiger partial charge in [0.05, 0.1) is 0 Å². The van der Waals surface area contributed by atoms with E-state index in [2.05, 4.69) is 26.0 Å². The van der Waals surface area contributed by atoms with E-state index in [9.17, 15) is 0 Å². The normalized spacial score (nSPS) is 19.9. The number of halogens is 2. The molecule has 0 heterocycles. The molecule has 0 nitrogen and oxygen atoms in total. The molecule has 3 rings (SSSR count). The van der Waals surface area contributed by atoms with E-state index in [-0.39, 0.29) is 0 Å². The van der Waals surface area contributed by atoms with E-state index < -0.39 is 17.4 Å². The molecule has 2 atom stereocenters. The third-order valence-electron chi connectivity index (χ3n) is 7.58. The number of allylic oxidation sites excluding steroid dienone is 4. The van der Waals surface area contributed by atoms with Gasteiger partial charge < -0.3 is 0 Å². The van der Waals surface area contributed by atoms with Gasteiger partial charge in [0.25, 0.3) is 0 Å². The summed E-state index contributed by atoms with van der Waals surface area (Å²) in [6, 6.07) is 17.9.